The second kappa shape index (κ2) is 1.53. The Hall–Kier alpha value is 0. The van der Waals surface area contributed by atoms with Crippen molar-refractivity contribution in [2.45, 2.75) is 39.5 Å². The number of unbranched alkanes of at least 4 members (excludes halogenated alkanes) is 1. The lowest BCUT2D eigenvalue weighted by molar-refractivity contribution is 0.468. The molecular weight excluding hydrogens is 108 g/mol. The summed E-state index contributed by atoms with van der Waals surface area (Å²) < 4.78 is 0. The zero-order chi connectivity index (χ0) is 6.48. The molecule has 0 aromatic rings. The molecule has 0 aromatic heterocycles. The highest BCUT2D eigenvalue weighted by atomic mass is 14.8. The molecule has 2 rings (SSSR count). The fourth-order valence-corrected chi connectivity index (χ4v) is 2.38. The van der Waals surface area contributed by atoms with Gasteiger partial charge in [-0.05, 0) is 30.1 Å². The van der Waals surface area contributed by atoms with Gasteiger partial charge in [0.05, 0.1) is 0 Å². The van der Waals surface area contributed by atoms with Crippen molar-refractivity contribution in [3.63, 3.8) is 0 Å². The van der Waals surface area contributed by atoms with Gasteiger partial charge in [-0.15, -0.1) is 0 Å². The quantitative estimate of drug-likeness (QED) is 0.542. The van der Waals surface area contributed by atoms with E-state index in [4.69, 9.17) is 0 Å². The van der Waals surface area contributed by atoms with E-state index in [1.807, 2.05) is 0 Å². The molecule has 0 amide bonds. The van der Waals surface area contributed by atoms with E-state index in [0.29, 0.717) is 0 Å². The van der Waals surface area contributed by atoms with Crippen molar-refractivity contribution in [1.29, 1.82) is 0 Å². The summed E-state index contributed by atoms with van der Waals surface area (Å²) in [7, 11) is 0. The van der Waals surface area contributed by atoms with Gasteiger partial charge in [0.15, 0.2) is 0 Å². The highest BCUT2D eigenvalue weighted by Gasteiger charge is 2.74. The van der Waals surface area contributed by atoms with Crippen LogP contribution in [0.3, 0.4) is 0 Å². The zero-order valence-electron chi connectivity index (χ0n) is 6.48. The van der Waals surface area contributed by atoms with E-state index in [1.165, 1.54) is 25.2 Å². The maximum atomic E-state index is 2.42. The molecule has 9 heavy (non-hydrogen) atoms. The highest BCUT2D eigenvalue weighted by Crippen LogP contribution is 2.81. The fourth-order valence-electron chi connectivity index (χ4n) is 2.38. The standard InChI is InChI=1S/C9H16/c1-3-4-5-9-6-8(9)7(9)2/h7-8H,3-6H2,1-2H3. The summed E-state index contributed by atoms with van der Waals surface area (Å²) in [6.07, 6.45) is 5.98. The average Bonchev–Trinajstić information content (AvgIpc) is 2.70. The van der Waals surface area contributed by atoms with E-state index in [9.17, 15) is 0 Å². The number of hydrogen-bond acceptors (Lipinski definition) is 0. The molecule has 0 aromatic carbocycles. The van der Waals surface area contributed by atoms with Crippen LogP contribution in [0.15, 0.2) is 0 Å². The molecule has 2 aliphatic carbocycles. The molecule has 0 spiro atoms. The lowest BCUT2D eigenvalue weighted by Crippen LogP contribution is -1.93. The van der Waals surface area contributed by atoms with Crippen LogP contribution in [0.2, 0.25) is 0 Å². The fraction of sp³-hybridized carbons (Fsp3) is 1.00. The third kappa shape index (κ3) is 0.595. The average molecular weight is 124 g/mol. The molecule has 0 heteroatoms. The third-order valence-corrected chi connectivity index (χ3v) is 3.58. The van der Waals surface area contributed by atoms with Gasteiger partial charge in [-0.2, -0.15) is 0 Å². The molecule has 3 atom stereocenters. The van der Waals surface area contributed by atoms with Gasteiger partial charge >= 0.3 is 0 Å². The van der Waals surface area contributed by atoms with E-state index < -0.39 is 0 Å². The van der Waals surface area contributed by atoms with Crippen molar-refractivity contribution in [3.05, 3.63) is 0 Å². The van der Waals surface area contributed by atoms with Crippen LogP contribution >= 0.6 is 0 Å². The zero-order valence-corrected chi connectivity index (χ0v) is 6.48. The van der Waals surface area contributed by atoms with Crippen molar-refractivity contribution in [2.24, 2.45) is 17.3 Å². The summed E-state index contributed by atoms with van der Waals surface area (Å²) in [4.78, 5) is 0. The largest absolute Gasteiger partial charge is 0.0654 e. The topological polar surface area (TPSA) is 0 Å². The summed E-state index contributed by atoms with van der Waals surface area (Å²) in [6, 6.07) is 0. The highest BCUT2D eigenvalue weighted by molar-refractivity contribution is 5.23. The summed E-state index contributed by atoms with van der Waals surface area (Å²) in [6.45, 7) is 4.71. The summed E-state index contributed by atoms with van der Waals surface area (Å²) >= 11 is 0. The van der Waals surface area contributed by atoms with Gasteiger partial charge in [-0.25, -0.2) is 0 Å². The lowest BCUT2D eigenvalue weighted by Gasteiger charge is -2.04. The maximum Gasteiger partial charge on any atom is -0.0235 e. The monoisotopic (exact) mass is 124 g/mol. The van der Waals surface area contributed by atoms with Crippen molar-refractivity contribution in [2.75, 3.05) is 0 Å². The smallest absolute Gasteiger partial charge is 0.0235 e. The van der Waals surface area contributed by atoms with Gasteiger partial charge in [-0.3, -0.25) is 0 Å². The number of fused-ring (bicyclic) bond motifs is 1. The second-order valence-electron chi connectivity index (χ2n) is 3.94. The van der Waals surface area contributed by atoms with E-state index in [-0.39, 0.29) is 0 Å². The van der Waals surface area contributed by atoms with Crippen molar-refractivity contribution < 1.29 is 0 Å². The Balaban J connectivity index is 1.76. The normalized spacial score (nSPS) is 52.7. The molecule has 0 heterocycles. The van der Waals surface area contributed by atoms with Crippen LogP contribution in [0.5, 0.6) is 0 Å². The Kier molecular flexibility index (Phi) is 0.980. The molecule has 0 saturated heterocycles. The molecule has 0 bridgehead atoms. The Morgan fingerprint density at radius 2 is 2.22 bits per heavy atom. The minimum absolute atomic E-state index is 0.927. The van der Waals surface area contributed by atoms with Gasteiger partial charge in [0.1, 0.15) is 0 Å². The van der Waals surface area contributed by atoms with E-state index in [0.717, 1.165) is 11.3 Å². The van der Waals surface area contributed by atoms with Crippen LogP contribution in [0.25, 0.3) is 0 Å². The second-order valence-corrected chi connectivity index (χ2v) is 3.94. The molecule has 52 valence electrons. The van der Waals surface area contributed by atoms with Crippen molar-refractivity contribution in [1.82, 2.24) is 0 Å². The Labute approximate surface area is 57.6 Å². The van der Waals surface area contributed by atoms with E-state index in [2.05, 4.69) is 13.8 Å². The van der Waals surface area contributed by atoms with E-state index >= 15 is 0 Å². The van der Waals surface area contributed by atoms with Gasteiger partial charge < -0.3 is 0 Å². The Bertz CT molecular complexity index is 122. The molecular formula is C9H16. The molecule has 0 nitrogen and oxygen atoms in total. The predicted molar refractivity (Wildman–Crippen MR) is 39.2 cm³/mol. The summed E-state index contributed by atoms with van der Waals surface area (Å²) in [5.74, 6) is 2.30. The SMILES string of the molecule is CCCCC12CC1C2C. The van der Waals surface area contributed by atoms with Crippen molar-refractivity contribution >= 4 is 0 Å². The number of hydrogen-bond donors (Lipinski definition) is 0. The van der Waals surface area contributed by atoms with Crippen LogP contribution in [0.4, 0.5) is 0 Å². The molecule has 2 fully saturated rings. The third-order valence-electron chi connectivity index (χ3n) is 3.58. The first-order chi connectivity index (χ1) is 4.31. The molecule has 2 saturated carbocycles. The lowest BCUT2D eigenvalue weighted by atomic mass is 10.0. The molecule has 2 aliphatic rings. The van der Waals surface area contributed by atoms with E-state index in [1.54, 1.807) is 6.42 Å². The van der Waals surface area contributed by atoms with Gasteiger partial charge in [0, 0.05) is 0 Å². The first-order valence-electron chi connectivity index (χ1n) is 4.31. The Morgan fingerprint density at radius 1 is 1.56 bits per heavy atom. The Morgan fingerprint density at radius 3 is 2.56 bits per heavy atom. The molecule has 0 aliphatic heterocycles. The first-order valence-corrected chi connectivity index (χ1v) is 4.31. The van der Waals surface area contributed by atoms with Crippen molar-refractivity contribution in [3.8, 4) is 0 Å². The summed E-state index contributed by atoms with van der Waals surface area (Å²) in [5, 5.41) is 0. The molecule has 0 N–H and O–H groups in total. The molecule has 0 radical (unpaired) electrons. The van der Waals surface area contributed by atoms with Gasteiger partial charge in [-0.1, -0.05) is 26.7 Å². The maximum absolute atomic E-state index is 2.42. The van der Waals surface area contributed by atoms with Crippen LogP contribution in [0, 0.1) is 17.3 Å². The summed E-state index contributed by atoms with van der Waals surface area (Å²) in [5.41, 5.74) is 0.927. The number of rotatable bonds is 3. The predicted octanol–water partition coefficient (Wildman–Crippen LogP) is 2.83. The van der Waals surface area contributed by atoms with Crippen LogP contribution in [0.1, 0.15) is 39.5 Å². The van der Waals surface area contributed by atoms with Crippen LogP contribution in [-0.4, -0.2) is 0 Å². The van der Waals surface area contributed by atoms with Crippen LogP contribution in [-0.2, 0) is 0 Å². The van der Waals surface area contributed by atoms with Gasteiger partial charge in [0.25, 0.3) is 0 Å². The first kappa shape index (κ1) is 5.76. The minimum Gasteiger partial charge on any atom is -0.0654 e. The van der Waals surface area contributed by atoms with Gasteiger partial charge in [0.2, 0.25) is 0 Å². The molecule has 3 unspecified atom stereocenters. The minimum atomic E-state index is 0.927. The van der Waals surface area contributed by atoms with Crippen LogP contribution < -0.4 is 0 Å².